The summed E-state index contributed by atoms with van der Waals surface area (Å²) >= 11 is 6.32. The Hall–Kier alpha value is -3.51. The molecule has 0 amide bonds. The van der Waals surface area contributed by atoms with Crippen LogP contribution in [0.5, 0.6) is 0 Å². The normalized spacial score (nSPS) is 10.5. The maximum absolute atomic E-state index is 11.9. The van der Waals surface area contributed by atoms with Crippen molar-refractivity contribution in [3.63, 3.8) is 0 Å². The van der Waals surface area contributed by atoms with Gasteiger partial charge in [0.25, 0.3) is 0 Å². The van der Waals surface area contributed by atoms with Crippen molar-refractivity contribution in [1.82, 2.24) is 9.97 Å². The summed E-state index contributed by atoms with van der Waals surface area (Å²) in [7, 11) is 0. The van der Waals surface area contributed by atoms with Crippen LogP contribution in [0.2, 0.25) is 5.02 Å². The van der Waals surface area contributed by atoms with E-state index in [0.717, 1.165) is 28.1 Å². The molecule has 0 aliphatic carbocycles. The van der Waals surface area contributed by atoms with Crippen LogP contribution in [0.1, 0.15) is 34.0 Å². The van der Waals surface area contributed by atoms with Gasteiger partial charge in [-0.25, -0.2) is 4.98 Å². The van der Waals surface area contributed by atoms with Gasteiger partial charge in [0.2, 0.25) is 5.95 Å². The Bertz CT molecular complexity index is 1170. The van der Waals surface area contributed by atoms with E-state index < -0.39 is 0 Å². The van der Waals surface area contributed by atoms with Crippen LogP contribution in [0.25, 0.3) is 0 Å². The third-order valence-electron chi connectivity index (χ3n) is 4.74. The molecule has 0 saturated heterocycles. The van der Waals surface area contributed by atoms with Gasteiger partial charge in [-0.2, -0.15) is 4.98 Å². The van der Waals surface area contributed by atoms with Crippen molar-refractivity contribution >= 4 is 46.3 Å². The van der Waals surface area contributed by atoms with E-state index in [0.29, 0.717) is 22.4 Å². The molecule has 0 aliphatic rings. The first-order chi connectivity index (χ1) is 14.8. The number of allylic oxidation sites excluding steroid dienone is 1. The molecular formula is C24H23ClN4O2. The van der Waals surface area contributed by atoms with Gasteiger partial charge in [-0.1, -0.05) is 48.0 Å². The molecule has 3 rings (SSSR count). The number of rotatable bonds is 8. The van der Waals surface area contributed by atoms with Crippen molar-refractivity contribution in [2.24, 2.45) is 0 Å². The first-order valence-electron chi connectivity index (χ1n) is 9.70. The minimum Gasteiger partial charge on any atom is -0.339 e. The Morgan fingerprint density at radius 2 is 1.87 bits per heavy atom. The lowest BCUT2D eigenvalue weighted by Crippen LogP contribution is -2.06. The number of Topliss-reactive ketones (excluding diaryl/α,β-unsaturated/α-hetero) is 1. The molecule has 0 saturated carbocycles. The number of aromatic nitrogens is 2. The van der Waals surface area contributed by atoms with E-state index in [-0.39, 0.29) is 18.0 Å². The fourth-order valence-electron chi connectivity index (χ4n) is 2.99. The van der Waals surface area contributed by atoms with Gasteiger partial charge in [0.1, 0.15) is 5.02 Å². The first-order valence-corrected chi connectivity index (χ1v) is 10.1. The third-order valence-corrected chi connectivity index (χ3v) is 5.02. The summed E-state index contributed by atoms with van der Waals surface area (Å²) in [6, 6.07) is 11.2. The Kier molecular flexibility index (Phi) is 6.82. The summed E-state index contributed by atoms with van der Waals surface area (Å²) in [6.45, 7) is 8.95. The average Bonchev–Trinajstić information content (AvgIpc) is 2.73. The number of nitrogens with zero attached hydrogens (tertiary/aromatic N) is 2. The van der Waals surface area contributed by atoms with Crippen molar-refractivity contribution in [3.8, 4) is 0 Å². The van der Waals surface area contributed by atoms with Gasteiger partial charge in [0.05, 0.1) is 6.20 Å². The van der Waals surface area contributed by atoms with E-state index in [1.54, 1.807) is 12.1 Å². The van der Waals surface area contributed by atoms with Crippen LogP contribution in [-0.4, -0.2) is 21.5 Å². The van der Waals surface area contributed by atoms with Crippen molar-refractivity contribution in [2.75, 3.05) is 10.6 Å². The fourth-order valence-corrected chi connectivity index (χ4v) is 3.13. The largest absolute Gasteiger partial charge is 0.339 e. The second kappa shape index (κ2) is 9.53. The van der Waals surface area contributed by atoms with E-state index in [4.69, 9.17) is 11.6 Å². The van der Waals surface area contributed by atoms with E-state index in [1.807, 2.05) is 38.1 Å². The zero-order chi connectivity index (χ0) is 22.5. The summed E-state index contributed by atoms with van der Waals surface area (Å²) < 4.78 is 0. The second-order valence-corrected chi connectivity index (χ2v) is 7.64. The molecule has 0 radical (unpaired) electrons. The number of ketones is 2. The highest BCUT2D eigenvalue weighted by molar-refractivity contribution is 6.33. The summed E-state index contributed by atoms with van der Waals surface area (Å²) in [6.07, 6.45) is 3.02. The van der Waals surface area contributed by atoms with Crippen LogP contribution in [0, 0.1) is 13.8 Å². The molecule has 7 heteroatoms. The van der Waals surface area contributed by atoms with Gasteiger partial charge < -0.3 is 10.6 Å². The summed E-state index contributed by atoms with van der Waals surface area (Å²) in [5, 5.41) is 6.68. The molecule has 0 unspecified atom stereocenters. The first kappa shape index (κ1) is 22.2. The smallest absolute Gasteiger partial charge is 0.229 e. The molecule has 0 fully saturated rings. The maximum atomic E-state index is 11.9. The zero-order valence-electron chi connectivity index (χ0n) is 17.6. The minimum absolute atomic E-state index is 0.0246. The number of carbonyl (C=O) groups excluding carboxylic acids is 2. The lowest BCUT2D eigenvalue weighted by atomic mass is 10.0. The molecule has 0 aliphatic heterocycles. The highest BCUT2D eigenvalue weighted by Gasteiger charge is 2.12. The lowest BCUT2D eigenvalue weighted by Gasteiger charge is -2.14. The number of hydrogen-bond donors (Lipinski definition) is 2. The molecule has 2 aromatic carbocycles. The number of halogens is 1. The number of benzene rings is 2. The molecule has 6 nitrogen and oxygen atoms in total. The minimum atomic E-state index is -0.0781. The van der Waals surface area contributed by atoms with E-state index >= 15 is 0 Å². The topological polar surface area (TPSA) is 84.0 Å². The van der Waals surface area contributed by atoms with Gasteiger partial charge in [-0.3, -0.25) is 9.59 Å². The van der Waals surface area contributed by atoms with Gasteiger partial charge in [0.15, 0.2) is 17.4 Å². The molecule has 1 heterocycles. The molecule has 158 valence electrons. The maximum Gasteiger partial charge on any atom is 0.229 e. The number of nitrogens with one attached hydrogen (secondary N) is 2. The van der Waals surface area contributed by atoms with Crippen LogP contribution >= 0.6 is 11.6 Å². The van der Waals surface area contributed by atoms with Gasteiger partial charge in [-0.05, 0) is 50.1 Å². The highest BCUT2D eigenvalue weighted by Crippen LogP contribution is 2.28. The third kappa shape index (κ3) is 5.55. The van der Waals surface area contributed by atoms with E-state index in [1.165, 1.54) is 19.2 Å². The van der Waals surface area contributed by atoms with Gasteiger partial charge in [0, 0.05) is 23.4 Å². The molecule has 0 atom stereocenters. The molecule has 0 bridgehead atoms. The van der Waals surface area contributed by atoms with Crippen LogP contribution < -0.4 is 10.6 Å². The van der Waals surface area contributed by atoms with Crippen LogP contribution in [-0.2, 0) is 11.2 Å². The molecule has 0 spiro atoms. The predicted molar refractivity (Wildman–Crippen MR) is 125 cm³/mol. The SMILES string of the molecule is C=CC(=O)Cc1cc(C)ccc1Nc1nc(Nc2cc(C(C)=O)ccc2C)ncc1Cl. The molecule has 1 aromatic heterocycles. The van der Waals surface area contributed by atoms with Gasteiger partial charge in [-0.15, -0.1) is 0 Å². The summed E-state index contributed by atoms with van der Waals surface area (Å²) in [4.78, 5) is 32.3. The van der Waals surface area contributed by atoms with Crippen molar-refractivity contribution in [3.05, 3.63) is 82.5 Å². The zero-order valence-corrected chi connectivity index (χ0v) is 18.4. The summed E-state index contributed by atoms with van der Waals surface area (Å²) in [5.74, 6) is 0.622. The van der Waals surface area contributed by atoms with Crippen molar-refractivity contribution in [2.45, 2.75) is 27.2 Å². The van der Waals surface area contributed by atoms with E-state index in [9.17, 15) is 9.59 Å². The number of anilines is 4. The molecule has 31 heavy (non-hydrogen) atoms. The van der Waals surface area contributed by atoms with Crippen molar-refractivity contribution < 1.29 is 9.59 Å². The van der Waals surface area contributed by atoms with Crippen LogP contribution in [0.3, 0.4) is 0 Å². The Balaban J connectivity index is 1.91. The molecule has 2 N–H and O–H groups in total. The van der Waals surface area contributed by atoms with Crippen LogP contribution in [0.4, 0.5) is 23.1 Å². The second-order valence-electron chi connectivity index (χ2n) is 7.23. The number of carbonyl (C=O) groups is 2. The summed E-state index contributed by atoms with van der Waals surface area (Å²) in [5.41, 5.74) is 4.85. The highest BCUT2D eigenvalue weighted by atomic mass is 35.5. The monoisotopic (exact) mass is 434 g/mol. The number of hydrogen-bond acceptors (Lipinski definition) is 6. The quantitative estimate of drug-likeness (QED) is 0.347. The van der Waals surface area contributed by atoms with Crippen LogP contribution in [0.15, 0.2) is 55.3 Å². The Morgan fingerprint density at radius 1 is 1.10 bits per heavy atom. The Morgan fingerprint density at radius 3 is 2.58 bits per heavy atom. The molecular weight excluding hydrogens is 412 g/mol. The number of aryl methyl sites for hydroxylation is 2. The lowest BCUT2D eigenvalue weighted by molar-refractivity contribution is -0.114. The fraction of sp³-hybridized carbons (Fsp3) is 0.167. The Labute approximate surface area is 186 Å². The molecule has 3 aromatic rings. The van der Waals surface area contributed by atoms with Crippen molar-refractivity contribution in [1.29, 1.82) is 0 Å². The predicted octanol–water partition coefficient (Wildman–Crippen LogP) is 5.73. The average molecular weight is 435 g/mol. The standard InChI is InChI=1S/C24H23ClN4O2/c1-5-19(31)11-18-10-14(2)6-9-21(18)27-23-20(25)13-26-24(29-23)28-22-12-17(16(4)30)8-7-15(22)3/h5-10,12-13H,1,11H2,2-4H3,(H2,26,27,28,29). The van der Waals surface area contributed by atoms with E-state index in [2.05, 4.69) is 27.2 Å². The van der Waals surface area contributed by atoms with Gasteiger partial charge >= 0.3 is 0 Å².